The van der Waals surface area contributed by atoms with Crippen molar-refractivity contribution >= 4 is 0 Å². The van der Waals surface area contributed by atoms with Gasteiger partial charge in [0, 0.05) is 18.6 Å². The minimum absolute atomic E-state index is 0.159. The lowest BCUT2D eigenvalue weighted by Gasteiger charge is -2.45. The molecule has 1 fully saturated rings. The fourth-order valence-electron chi connectivity index (χ4n) is 1.76. The summed E-state index contributed by atoms with van der Waals surface area (Å²) in [6.45, 7) is 4.10. The Morgan fingerprint density at radius 1 is 1.25 bits per heavy atom. The van der Waals surface area contributed by atoms with Crippen LogP contribution >= 0.6 is 0 Å². The molecule has 0 radical (unpaired) electrons. The van der Waals surface area contributed by atoms with E-state index in [1.165, 1.54) is 0 Å². The van der Waals surface area contributed by atoms with E-state index in [2.05, 4.69) is 0 Å². The highest BCUT2D eigenvalue weighted by molar-refractivity contribution is 4.86. The summed E-state index contributed by atoms with van der Waals surface area (Å²) in [7, 11) is 0. The number of halogens is 3. The molecule has 1 nitrogen and oxygen atoms in total. The van der Waals surface area contributed by atoms with Crippen LogP contribution in [0.1, 0.15) is 26.7 Å². The molecule has 0 amide bonds. The molecular weight excluding hydrogens is 167 g/mol. The second-order valence-corrected chi connectivity index (χ2v) is 3.54. The van der Waals surface area contributed by atoms with Crippen LogP contribution in [0.5, 0.6) is 0 Å². The van der Waals surface area contributed by atoms with Gasteiger partial charge in [-0.25, -0.2) is 0 Å². The first-order chi connectivity index (χ1) is 5.40. The molecule has 1 aliphatic rings. The molecule has 1 rings (SSSR count). The molecule has 2 unspecified atom stereocenters. The van der Waals surface area contributed by atoms with Crippen molar-refractivity contribution in [3.05, 3.63) is 0 Å². The van der Waals surface area contributed by atoms with Crippen LogP contribution in [0.25, 0.3) is 0 Å². The van der Waals surface area contributed by atoms with Crippen molar-refractivity contribution in [3.8, 4) is 0 Å². The topological polar surface area (TPSA) is 3.24 Å². The van der Waals surface area contributed by atoms with E-state index in [1.807, 2.05) is 18.7 Å². The summed E-state index contributed by atoms with van der Waals surface area (Å²) in [5.41, 5.74) is 0. The van der Waals surface area contributed by atoms with E-state index in [1.54, 1.807) is 0 Å². The van der Waals surface area contributed by atoms with Crippen LogP contribution in [0.4, 0.5) is 13.2 Å². The van der Waals surface area contributed by atoms with Gasteiger partial charge in [0.2, 0.25) is 0 Å². The van der Waals surface area contributed by atoms with Gasteiger partial charge in [-0.1, -0.05) is 0 Å². The average Bonchev–Trinajstić information content (AvgIpc) is 1.84. The zero-order valence-corrected chi connectivity index (χ0v) is 7.36. The molecule has 0 aromatic carbocycles. The summed E-state index contributed by atoms with van der Waals surface area (Å²) < 4.78 is 35.4. The maximum absolute atomic E-state index is 11.8. The van der Waals surface area contributed by atoms with E-state index in [0.717, 1.165) is 6.42 Å². The number of rotatable bonds is 2. The third-order valence-electron chi connectivity index (χ3n) is 2.47. The Balaban J connectivity index is 2.23. The highest BCUT2D eigenvalue weighted by Crippen LogP contribution is 2.28. The molecule has 1 saturated heterocycles. The monoisotopic (exact) mass is 181 g/mol. The first kappa shape index (κ1) is 9.84. The maximum Gasteiger partial charge on any atom is 0.390 e. The molecule has 0 bridgehead atoms. The number of hydrogen-bond donors (Lipinski definition) is 0. The molecule has 72 valence electrons. The number of nitrogens with zero attached hydrogens (tertiary/aromatic N) is 1. The first-order valence-corrected chi connectivity index (χ1v) is 4.22. The van der Waals surface area contributed by atoms with Gasteiger partial charge in [-0.15, -0.1) is 0 Å². The average molecular weight is 181 g/mol. The molecule has 2 atom stereocenters. The van der Waals surface area contributed by atoms with Crippen molar-refractivity contribution < 1.29 is 13.2 Å². The molecule has 1 heterocycles. The van der Waals surface area contributed by atoms with Crippen molar-refractivity contribution in [1.29, 1.82) is 0 Å². The Morgan fingerprint density at radius 3 is 2.08 bits per heavy atom. The molecule has 12 heavy (non-hydrogen) atoms. The van der Waals surface area contributed by atoms with Crippen molar-refractivity contribution in [3.63, 3.8) is 0 Å². The van der Waals surface area contributed by atoms with Gasteiger partial charge in [-0.05, 0) is 20.3 Å². The molecule has 0 aromatic heterocycles. The zero-order valence-electron chi connectivity index (χ0n) is 7.36. The molecule has 0 saturated carbocycles. The van der Waals surface area contributed by atoms with Crippen molar-refractivity contribution in [2.45, 2.75) is 44.9 Å². The number of likely N-dealkylation sites (tertiary alicyclic amines) is 1. The summed E-state index contributed by atoms with van der Waals surface area (Å²) in [6.07, 6.45) is -3.66. The Bertz CT molecular complexity index is 147. The van der Waals surface area contributed by atoms with Gasteiger partial charge >= 0.3 is 6.18 Å². The van der Waals surface area contributed by atoms with Crippen molar-refractivity contribution in [1.82, 2.24) is 4.90 Å². The molecule has 0 aromatic rings. The second kappa shape index (κ2) is 3.24. The normalized spacial score (nSPS) is 31.8. The van der Waals surface area contributed by atoms with Gasteiger partial charge in [0.15, 0.2) is 0 Å². The summed E-state index contributed by atoms with van der Waals surface area (Å²) in [5.74, 6) is 0. The van der Waals surface area contributed by atoms with Gasteiger partial charge in [0.1, 0.15) is 0 Å². The van der Waals surface area contributed by atoms with E-state index >= 15 is 0 Å². The highest BCUT2D eigenvalue weighted by Gasteiger charge is 2.35. The third-order valence-corrected chi connectivity index (χ3v) is 2.47. The molecule has 0 N–H and O–H groups in total. The molecular formula is C8H14F3N. The van der Waals surface area contributed by atoms with Gasteiger partial charge in [-0.2, -0.15) is 13.2 Å². The Kier molecular flexibility index (Phi) is 2.66. The van der Waals surface area contributed by atoms with Crippen LogP contribution in [0.15, 0.2) is 0 Å². The summed E-state index contributed by atoms with van der Waals surface area (Å²) in [6, 6.07) is 0.671. The van der Waals surface area contributed by atoms with E-state index in [9.17, 15) is 13.2 Å². The molecule has 1 aliphatic heterocycles. The molecule has 4 heteroatoms. The largest absolute Gasteiger partial charge is 0.390 e. The minimum atomic E-state index is -4.00. The third kappa shape index (κ3) is 2.37. The van der Waals surface area contributed by atoms with E-state index in [4.69, 9.17) is 0 Å². The van der Waals surface area contributed by atoms with E-state index in [0.29, 0.717) is 12.1 Å². The smallest absolute Gasteiger partial charge is 0.298 e. The Morgan fingerprint density at radius 2 is 1.75 bits per heavy atom. The summed E-state index contributed by atoms with van der Waals surface area (Å²) in [5, 5.41) is 0. The van der Waals surface area contributed by atoms with Crippen LogP contribution in [-0.4, -0.2) is 29.7 Å². The zero-order chi connectivity index (χ0) is 9.35. The van der Waals surface area contributed by atoms with Gasteiger partial charge in [0.05, 0.1) is 6.42 Å². The quantitative estimate of drug-likeness (QED) is 0.632. The predicted octanol–water partition coefficient (Wildman–Crippen LogP) is 2.42. The fourth-order valence-corrected chi connectivity index (χ4v) is 1.76. The fraction of sp³-hybridized carbons (Fsp3) is 1.00. The maximum atomic E-state index is 11.8. The standard InChI is InChI=1S/C8H14F3N/c1-6-5-7(2)12(6)4-3-8(9,10)11/h6-7H,3-5H2,1-2H3. The predicted molar refractivity (Wildman–Crippen MR) is 40.9 cm³/mol. The van der Waals surface area contributed by atoms with Crippen LogP contribution in [0, 0.1) is 0 Å². The second-order valence-electron chi connectivity index (χ2n) is 3.54. The van der Waals surface area contributed by atoms with Crippen LogP contribution < -0.4 is 0 Å². The van der Waals surface area contributed by atoms with Crippen molar-refractivity contribution in [2.75, 3.05) is 6.54 Å². The van der Waals surface area contributed by atoms with Crippen LogP contribution in [-0.2, 0) is 0 Å². The SMILES string of the molecule is CC1CC(C)N1CCC(F)(F)F. The van der Waals surface area contributed by atoms with E-state index < -0.39 is 12.6 Å². The van der Waals surface area contributed by atoms with E-state index in [-0.39, 0.29) is 6.54 Å². The van der Waals surface area contributed by atoms with Gasteiger partial charge in [0.25, 0.3) is 0 Å². The lowest BCUT2D eigenvalue weighted by atomic mass is 9.95. The first-order valence-electron chi connectivity index (χ1n) is 4.22. The Hall–Kier alpha value is -0.250. The summed E-state index contributed by atoms with van der Waals surface area (Å²) in [4.78, 5) is 1.90. The molecule has 0 spiro atoms. The minimum Gasteiger partial charge on any atom is -0.298 e. The lowest BCUT2D eigenvalue weighted by molar-refractivity contribution is -0.144. The van der Waals surface area contributed by atoms with Gasteiger partial charge in [-0.3, -0.25) is 4.90 Å². The Labute approximate surface area is 70.5 Å². The number of hydrogen-bond acceptors (Lipinski definition) is 1. The lowest BCUT2D eigenvalue weighted by Crippen LogP contribution is -2.53. The van der Waals surface area contributed by atoms with Gasteiger partial charge < -0.3 is 0 Å². The van der Waals surface area contributed by atoms with Crippen LogP contribution in [0.3, 0.4) is 0 Å². The van der Waals surface area contributed by atoms with Crippen molar-refractivity contribution in [2.24, 2.45) is 0 Å². The number of alkyl halides is 3. The highest BCUT2D eigenvalue weighted by atomic mass is 19.4. The molecule has 0 aliphatic carbocycles. The summed E-state index contributed by atoms with van der Waals surface area (Å²) >= 11 is 0. The van der Waals surface area contributed by atoms with Crippen LogP contribution in [0.2, 0.25) is 0 Å².